The molecule has 0 saturated carbocycles. The summed E-state index contributed by atoms with van der Waals surface area (Å²) in [7, 11) is 0. The molecule has 1 saturated heterocycles. The molecule has 1 aromatic heterocycles. The number of nitrogens with zero attached hydrogens (tertiary/aromatic N) is 2. The van der Waals surface area contributed by atoms with Gasteiger partial charge in [-0.1, -0.05) is 12.1 Å². The van der Waals surface area contributed by atoms with E-state index in [1.54, 1.807) is 36.7 Å². The number of amides is 2. The lowest BCUT2D eigenvalue weighted by atomic mass is 9.90. The minimum atomic E-state index is -0.255. The molecule has 0 aliphatic carbocycles. The van der Waals surface area contributed by atoms with Crippen molar-refractivity contribution in [2.45, 2.75) is 31.7 Å². The number of hydrogen-bond acceptors (Lipinski definition) is 2. The number of hydrogen-bond donors (Lipinski definition) is 1. The Morgan fingerprint density at radius 3 is 2.65 bits per heavy atom. The fourth-order valence-electron chi connectivity index (χ4n) is 3.22. The summed E-state index contributed by atoms with van der Waals surface area (Å²) in [6.07, 6.45) is 5.93. The highest BCUT2D eigenvalue weighted by molar-refractivity contribution is 5.90. The van der Waals surface area contributed by atoms with Gasteiger partial charge in [-0.15, -0.1) is 0 Å². The second-order valence-electron chi connectivity index (χ2n) is 6.22. The lowest BCUT2D eigenvalue weighted by molar-refractivity contribution is 0.168. The number of rotatable bonds is 3. The van der Waals surface area contributed by atoms with E-state index in [9.17, 15) is 9.18 Å². The van der Waals surface area contributed by atoms with Crippen molar-refractivity contribution in [1.82, 2.24) is 9.88 Å². The zero-order valence-electron chi connectivity index (χ0n) is 13.1. The van der Waals surface area contributed by atoms with Crippen LogP contribution in [0.2, 0.25) is 0 Å². The Labute approximate surface area is 135 Å². The first-order valence-corrected chi connectivity index (χ1v) is 7.80. The number of aromatic nitrogens is 1. The van der Waals surface area contributed by atoms with E-state index >= 15 is 0 Å². The second kappa shape index (κ2) is 6.36. The van der Waals surface area contributed by atoms with E-state index in [0.717, 1.165) is 37.1 Å². The van der Waals surface area contributed by atoms with Crippen molar-refractivity contribution in [1.29, 1.82) is 0 Å². The number of anilines is 1. The summed E-state index contributed by atoms with van der Waals surface area (Å²) in [6.45, 7) is 2.82. The van der Waals surface area contributed by atoms with Crippen molar-refractivity contribution < 1.29 is 9.18 Å². The fourth-order valence-corrected chi connectivity index (χ4v) is 3.22. The number of benzene rings is 1. The van der Waals surface area contributed by atoms with Crippen LogP contribution in [0.25, 0.3) is 0 Å². The highest BCUT2D eigenvalue weighted by Crippen LogP contribution is 2.33. The standard InChI is InChI=1S/C18H20FN3O/c1-18(13-14-3-5-15(19)6-4-14)9-2-12-22(18)17(23)21-16-7-10-20-11-8-16/h3-8,10-11H,2,9,12-13H2,1H3,(H,20,21,23). The van der Waals surface area contributed by atoms with Gasteiger partial charge in [-0.3, -0.25) is 4.98 Å². The van der Waals surface area contributed by atoms with Gasteiger partial charge in [-0.25, -0.2) is 9.18 Å². The maximum absolute atomic E-state index is 13.1. The molecule has 1 atom stereocenters. The minimum Gasteiger partial charge on any atom is -0.319 e. The molecule has 5 heteroatoms. The SMILES string of the molecule is CC1(Cc2ccc(F)cc2)CCCN1C(=O)Nc1ccncc1. The van der Waals surface area contributed by atoms with E-state index in [-0.39, 0.29) is 17.4 Å². The fraction of sp³-hybridized carbons (Fsp3) is 0.333. The van der Waals surface area contributed by atoms with E-state index in [0.29, 0.717) is 0 Å². The summed E-state index contributed by atoms with van der Waals surface area (Å²) >= 11 is 0. The third kappa shape index (κ3) is 3.50. The molecule has 1 unspecified atom stereocenters. The highest BCUT2D eigenvalue weighted by Gasteiger charge is 2.39. The summed E-state index contributed by atoms with van der Waals surface area (Å²) in [4.78, 5) is 18.4. The predicted octanol–water partition coefficient (Wildman–Crippen LogP) is 3.85. The summed E-state index contributed by atoms with van der Waals surface area (Å²) in [5.41, 5.74) is 1.52. The predicted molar refractivity (Wildman–Crippen MR) is 87.7 cm³/mol. The zero-order chi connectivity index (χ0) is 16.3. The Balaban J connectivity index is 1.73. The van der Waals surface area contributed by atoms with Crippen molar-refractivity contribution in [3.63, 3.8) is 0 Å². The van der Waals surface area contributed by atoms with Crippen molar-refractivity contribution in [2.24, 2.45) is 0 Å². The lowest BCUT2D eigenvalue weighted by Crippen LogP contribution is -2.48. The van der Waals surface area contributed by atoms with Gasteiger partial charge in [0.1, 0.15) is 5.82 Å². The molecule has 1 aliphatic heterocycles. The molecule has 2 heterocycles. The van der Waals surface area contributed by atoms with Gasteiger partial charge in [0, 0.05) is 30.2 Å². The van der Waals surface area contributed by atoms with Gasteiger partial charge >= 0.3 is 6.03 Å². The van der Waals surface area contributed by atoms with Crippen molar-refractivity contribution in [2.75, 3.05) is 11.9 Å². The molecule has 1 aromatic carbocycles. The van der Waals surface area contributed by atoms with E-state index in [1.165, 1.54) is 12.1 Å². The molecule has 1 aliphatic rings. The van der Waals surface area contributed by atoms with E-state index < -0.39 is 0 Å². The van der Waals surface area contributed by atoms with Gasteiger partial charge in [0.05, 0.1) is 0 Å². The molecule has 2 amide bonds. The molecule has 4 nitrogen and oxygen atoms in total. The Morgan fingerprint density at radius 2 is 1.96 bits per heavy atom. The van der Waals surface area contributed by atoms with Crippen molar-refractivity contribution in [3.8, 4) is 0 Å². The first kappa shape index (κ1) is 15.5. The molecule has 1 fully saturated rings. The molecule has 0 radical (unpaired) electrons. The van der Waals surface area contributed by atoms with E-state index in [2.05, 4.69) is 17.2 Å². The quantitative estimate of drug-likeness (QED) is 0.935. The molecule has 2 aromatic rings. The highest BCUT2D eigenvalue weighted by atomic mass is 19.1. The van der Waals surface area contributed by atoms with Crippen LogP contribution in [0.5, 0.6) is 0 Å². The Hall–Kier alpha value is -2.43. The maximum atomic E-state index is 13.1. The lowest BCUT2D eigenvalue weighted by Gasteiger charge is -2.35. The minimum absolute atomic E-state index is 0.0988. The van der Waals surface area contributed by atoms with Crippen LogP contribution in [0.4, 0.5) is 14.9 Å². The summed E-state index contributed by atoms with van der Waals surface area (Å²) in [5.74, 6) is -0.238. The molecule has 23 heavy (non-hydrogen) atoms. The molecule has 3 rings (SSSR count). The van der Waals surface area contributed by atoms with Gasteiger partial charge in [-0.05, 0) is 56.0 Å². The molecule has 120 valence electrons. The van der Waals surface area contributed by atoms with Crippen molar-refractivity contribution in [3.05, 3.63) is 60.2 Å². The van der Waals surface area contributed by atoms with Crippen LogP contribution in [0.1, 0.15) is 25.3 Å². The molecule has 0 spiro atoms. The largest absolute Gasteiger partial charge is 0.322 e. The number of carbonyl (C=O) groups excluding carboxylic acids is 1. The second-order valence-corrected chi connectivity index (χ2v) is 6.22. The number of carbonyl (C=O) groups is 1. The monoisotopic (exact) mass is 313 g/mol. The number of halogens is 1. The number of urea groups is 1. The van der Waals surface area contributed by atoms with Crippen LogP contribution in [-0.2, 0) is 6.42 Å². The molecular formula is C18H20FN3O. The average Bonchev–Trinajstić information content (AvgIpc) is 2.92. The average molecular weight is 313 g/mol. The third-order valence-electron chi connectivity index (χ3n) is 4.42. The zero-order valence-corrected chi connectivity index (χ0v) is 13.1. The summed E-state index contributed by atoms with van der Waals surface area (Å²) in [6, 6.07) is 9.95. The number of likely N-dealkylation sites (tertiary alicyclic amines) is 1. The van der Waals surface area contributed by atoms with E-state index in [1.807, 2.05) is 4.90 Å². The molecule has 1 N–H and O–H groups in total. The van der Waals surface area contributed by atoms with Crippen LogP contribution < -0.4 is 5.32 Å². The van der Waals surface area contributed by atoms with Gasteiger partial charge in [-0.2, -0.15) is 0 Å². The number of nitrogens with one attached hydrogen (secondary N) is 1. The Bertz CT molecular complexity index is 674. The topological polar surface area (TPSA) is 45.2 Å². The van der Waals surface area contributed by atoms with E-state index in [4.69, 9.17) is 0 Å². The van der Waals surface area contributed by atoms with Crippen LogP contribution in [-0.4, -0.2) is 28.0 Å². The van der Waals surface area contributed by atoms with Crippen LogP contribution in [0.3, 0.4) is 0 Å². The third-order valence-corrected chi connectivity index (χ3v) is 4.42. The van der Waals surface area contributed by atoms with Crippen LogP contribution >= 0.6 is 0 Å². The Kier molecular flexibility index (Phi) is 4.28. The van der Waals surface area contributed by atoms with Gasteiger partial charge in [0.2, 0.25) is 0 Å². The summed E-state index contributed by atoms with van der Waals surface area (Å²) < 4.78 is 13.1. The first-order valence-electron chi connectivity index (χ1n) is 7.80. The Morgan fingerprint density at radius 1 is 1.26 bits per heavy atom. The molecular weight excluding hydrogens is 293 g/mol. The van der Waals surface area contributed by atoms with Gasteiger partial charge in [0.15, 0.2) is 0 Å². The first-order chi connectivity index (χ1) is 11.1. The van der Waals surface area contributed by atoms with Gasteiger partial charge < -0.3 is 10.2 Å². The van der Waals surface area contributed by atoms with Crippen molar-refractivity contribution >= 4 is 11.7 Å². The molecule has 0 bridgehead atoms. The van der Waals surface area contributed by atoms with Gasteiger partial charge in [0.25, 0.3) is 0 Å². The smallest absolute Gasteiger partial charge is 0.319 e. The van der Waals surface area contributed by atoms with Crippen LogP contribution in [0.15, 0.2) is 48.8 Å². The number of pyridine rings is 1. The summed E-state index contributed by atoms with van der Waals surface area (Å²) in [5, 5.41) is 2.92. The normalized spacial score (nSPS) is 20.5. The maximum Gasteiger partial charge on any atom is 0.322 e. The van der Waals surface area contributed by atoms with Crippen LogP contribution in [0, 0.1) is 5.82 Å².